The van der Waals surface area contributed by atoms with Gasteiger partial charge in [0.15, 0.2) is 15.0 Å². The molecule has 0 N–H and O–H groups in total. The lowest BCUT2D eigenvalue weighted by molar-refractivity contribution is 1.28. The lowest BCUT2D eigenvalue weighted by Gasteiger charge is -1.95. The topological polar surface area (TPSA) is 38.1 Å². The summed E-state index contributed by atoms with van der Waals surface area (Å²) in [5, 5.41) is 1.12. The Hall–Kier alpha value is -0.200. The second-order valence-corrected chi connectivity index (χ2v) is 5.41. The number of hydrogen-bond acceptors (Lipinski definition) is 5. The van der Waals surface area contributed by atoms with E-state index in [-0.39, 0.29) is 5.15 Å². The van der Waals surface area contributed by atoms with Gasteiger partial charge in [0, 0.05) is 16.7 Å². The average Bonchev–Trinajstić information content (AvgIpc) is 2.58. The summed E-state index contributed by atoms with van der Waals surface area (Å²) in [6, 6.07) is 1.62. The fraction of sp³-hybridized carbons (Fsp3) is 0. The molecule has 0 aliphatic rings. The molecule has 0 saturated heterocycles. The lowest BCUT2D eigenvalue weighted by Crippen LogP contribution is -1.93. The number of halogens is 3. The minimum Gasteiger partial charge on any atom is -0.241 e. The quantitative estimate of drug-likeness (QED) is 0.593. The molecule has 0 bridgehead atoms. The molecule has 2 heterocycles. The summed E-state index contributed by atoms with van der Waals surface area (Å²) in [5.41, 5.74) is 0.488. The molecule has 0 radical (unpaired) electrons. The SMILES string of the molecule is Clc1cnc(Cl)c(N=c2ssnc2Cl)c1. The Morgan fingerprint density at radius 1 is 1.20 bits per heavy atom. The van der Waals surface area contributed by atoms with E-state index in [9.17, 15) is 0 Å². The smallest absolute Gasteiger partial charge is 0.179 e. The van der Waals surface area contributed by atoms with Gasteiger partial charge in [-0.2, -0.15) is 4.37 Å². The lowest BCUT2D eigenvalue weighted by atomic mass is 10.4. The van der Waals surface area contributed by atoms with Gasteiger partial charge in [-0.1, -0.05) is 34.8 Å². The Bertz CT molecular complexity index is 548. The minimum absolute atomic E-state index is 0.286. The Morgan fingerprint density at radius 2 is 2.00 bits per heavy atom. The van der Waals surface area contributed by atoms with E-state index in [1.54, 1.807) is 6.07 Å². The summed E-state index contributed by atoms with van der Waals surface area (Å²) >= 11 is 17.4. The van der Waals surface area contributed by atoms with Crippen LogP contribution in [0.2, 0.25) is 15.3 Å². The van der Waals surface area contributed by atoms with E-state index < -0.39 is 0 Å². The van der Waals surface area contributed by atoms with E-state index in [1.165, 1.54) is 27.1 Å². The predicted octanol–water partition coefficient (Wildman–Crippen LogP) is 3.79. The van der Waals surface area contributed by atoms with Gasteiger partial charge in [0.05, 0.1) is 5.02 Å². The van der Waals surface area contributed by atoms with E-state index in [0.717, 1.165) is 0 Å². The van der Waals surface area contributed by atoms with Crippen LogP contribution in [0.5, 0.6) is 0 Å². The molecule has 0 saturated carbocycles. The van der Waals surface area contributed by atoms with Crippen LogP contribution >= 0.6 is 55.7 Å². The highest BCUT2D eigenvalue weighted by Crippen LogP contribution is 2.25. The summed E-state index contributed by atoms with van der Waals surface area (Å²) < 4.78 is 4.50. The Balaban J connectivity index is 2.57. The van der Waals surface area contributed by atoms with Crippen molar-refractivity contribution < 1.29 is 0 Å². The first kappa shape index (κ1) is 11.3. The highest BCUT2D eigenvalue weighted by molar-refractivity contribution is 7.66. The normalized spacial score (nSPS) is 12.1. The van der Waals surface area contributed by atoms with Crippen LogP contribution in [0.25, 0.3) is 0 Å². The molecule has 0 aliphatic heterocycles. The van der Waals surface area contributed by atoms with Gasteiger partial charge in [-0.05, 0) is 16.4 Å². The number of pyridine rings is 1. The van der Waals surface area contributed by atoms with Crippen LogP contribution in [-0.4, -0.2) is 9.36 Å². The molecule has 0 spiro atoms. The van der Waals surface area contributed by atoms with Crippen LogP contribution in [0, 0.1) is 0 Å². The molecule has 0 amide bonds. The van der Waals surface area contributed by atoms with Crippen molar-refractivity contribution in [2.75, 3.05) is 0 Å². The molecule has 78 valence electrons. The Kier molecular flexibility index (Phi) is 3.58. The van der Waals surface area contributed by atoms with Crippen molar-refractivity contribution in [3.05, 3.63) is 32.3 Å². The highest BCUT2D eigenvalue weighted by Gasteiger charge is 2.03. The van der Waals surface area contributed by atoms with Gasteiger partial charge in [0.25, 0.3) is 0 Å². The second-order valence-electron chi connectivity index (χ2n) is 2.42. The number of rotatable bonds is 1. The Morgan fingerprint density at radius 3 is 2.67 bits per heavy atom. The molecule has 0 atom stereocenters. The molecular weight excluding hydrogens is 297 g/mol. The largest absolute Gasteiger partial charge is 0.241 e. The third-order valence-corrected chi connectivity index (χ3v) is 4.09. The minimum atomic E-state index is 0.286. The fourth-order valence-corrected chi connectivity index (χ4v) is 3.11. The molecule has 2 aromatic rings. The Labute approximate surface area is 108 Å². The molecule has 0 aromatic carbocycles. The molecular formula is C7H2Cl3N3S2. The molecule has 0 aliphatic carbocycles. The standard InChI is InChI=1S/C7H2Cl3N3S2/c8-3-1-4(5(9)11-2-3)12-7-6(10)13-15-14-7/h1-2H. The summed E-state index contributed by atoms with van der Waals surface area (Å²) in [6.45, 7) is 0. The molecule has 0 fully saturated rings. The van der Waals surface area contributed by atoms with Crippen molar-refractivity contribution in [2.45, 2.75) is 0 Å². The van der Waals surface area contributed by atoms with Crippen LogP contribution in [0.15, 0.2) is 17.3 Å². The van der Waals surface area contributed by atoms with Gasteiger partial charge < -0.3 is 0 Å². The summed E-state index contributed by atoms with van der Waals surface area (Å²) in [6.07, 6.45) is 1.46. The number of aromatic nitrogens is 2. The first-order valence-electron chi connectivity index (χ1n) is 3.64. The van der Waals surface area contributed by atoms with E-state index in [1.807, 2.05) is 0 Å². The third kappa shape index (κ3) is 2.68. The van der Waals surface area contributed by atoms with Crippen molar-refractivity contribution in [1.29, 1.82) is 0 Å². The molecule has 2 aromatic heterocycles. The molecule has 3 nitrogen and oxygen atoms in total. The van der Waals surface area contributed by atoms with Gasteiger partial charge in [-0.25, -0.2) is 9.98 Å². The maximum Gasteiger partial charge on any atom is 0.179 e. The van der Waals surface area contributed by atoms with Gasteiger partial charge in [0.2, 0.25) is 0 Å². The fourth-order valence-electron chi connectivity index (χ4n) is 0.825. The van der Waals surface area contributed by atoms with Gasteiger partial charge in [-0.3, -0.25) is 0 Å². The van der Waals surface area contributed by atoms with Crippen molar-refractivity contribution in [2.24, 2.45) is 4.99 Å². The highest BCUT2D eigenvalue weighted by atomic mass is 35.5. The van der Waals surface area contributed by atoms with Crippen LogP contribution in [-0.2, 0) is 0 Å². The summed E-state index contributed by atoms with van der Waals surface area (Å²) in [7, 11) is 2.63. The maximum atomic E-state index is 5.85. The molecule has 15 heavy (non-hydrogen) atoms. The van der Waals surface area contributed by atoms with Gasteiger partial charge >= 0.3 is 0 Å². The molecule has 2 rings (SSSR count). The van der Waals surface area contributed by atoms with Crippen molar-refractivity contribution in [3.63, 3.8) is 0 Å². The zero-order valence-corrected chi connectivity index (χ0v) is 10.8. The molecule has 0 unspecified atom stereocenters. The molecule has 8 heteroatoms. The van der Waals surface area contributed by atoms with Crippen LogP contribution in [0.4, 0.5) is 5.69 Å². The first-order valence-corrected chi connectivity index (χ1v) is 6.88. The third-order valence-electron chi connectivity index (χ3n) is 1.42. The number of nitrogens with zero attached hydrogens (tertiary/aromatic N) is 3. The average molecular weight is 299 g/mol. The van der Waals surface area contributed by atoms with E-state index in [2.05, 4.69) is 14.3 Å². The van der Waals surface area contributed by atoms with Gasteiger partial charge in [-0.15, -0.1) is 0 Å². The van der Waals surface area contributed by atoms with Crippen LogP contribution in [0.3, 0.4) is 0 Å². The van der Waals surface area contributed by atoms with Crippen molar-refractivity contribution in [1.82, 2.24) is 9.36 Å². The van der Waals surface area contributed by atoms with Crippen LogP contribution < -0.4 is 4.67 Å². The maximum absolute atomic E-state index is 5.85. The number of hydrogen-bond donors (Lipinski definition) is 0. The van der Waals surface area contributed by atoms with Crippen LogP contribution in [0.1, 0.15) is 0 Å². The predicted molar refractivity (Wildman–Crippen MR) is 64.5 cm³/mol. The van der Waals surface area contributed by atoms with Crippen molar-refractivity contribution in [3.8, 4) is 0 Å². The van der Waals surface area contributed by atoms with Crippen molar-refractivity contribution >= 4 is 61.4 Å². The summed E-state index contributed by atoms with van der Waals surface area (Å²) in [4.78, 5) is 8.09. The van der Waals surface area contributed by atoms with E-state index in [0.29, 0.717) is 20.5 Å². The van der Waals surface area contributed by atoms with Gasteiger partial charge in [0.1, 0.15) is 5.69 Å². The van der Waals surface area contributed by atoms with E-state index >= 15 is 0 Å². The first-order chi connectivity index (χ1) is 7.16. The zero-order valence-electron chi connectivity index (χ0n) is 6.95. The van der Waals surface area contributed by atoms with E-state index in [4.69, 9.17) is 34.8 Å². The second kappa shape index (κ2) is 4.76. The zero-order chi connectivity index (χ0) is 10.8. The summed E-state index contributed by atoms with van der Waals surface area (Å²) in [5.74, 6) is 0. The monoisotopic (exact) mass is 297 g/mol.